The van der Waals surface area contributed by atoms with Crippen molar-refractivity contribution in [1.82, 2.24) is 0 Å². The molecule has 0 saturated carbocycles. The first-order valence-electron chi connectivity index (χ1n) is 32.1. The molecule has 2 aliphatic carbocycles. The minimum Gasteiger partial charge on any atom is -0.310 e. The van der Waals surface area contributed by atoms with Gasteiger partial charge in [0.2, 0.25) is 0 Å². The molecule has 2 unspecified atom stereocenters. The van der Waals surface area contributed by atoms with E-state index in [0.717, 1.165) is 134 Å². The predicted octanol–water partition coefficient (Wildman–Crippen LogP) is 25.2. The summed E-state index contributed by atoms with van der Waals surface area (Å²) in [5.74, 6) is 0. The van der Waals surface area contributed by atoms with Crippen molar-refractivity contribution in [2.24, 2.45) is 0 Å². The van der Waals surface area contributed by atoms with E-state index in [1.165, 1.54) is 24.3 Å². The van der Waals surface area contributed by atoms with Crippen molar-refractivity contribution in [2.75, 3.05) is 9.80 Å². The number of hydrogen-bond donors (Lipinski definition) is 0. The molecule has 470 valence electrons. The summed E-state index contributed by atoms with van der Waals surface area (Å²) in [4.78, 5) is 4.53. The summed E-state index contributed by atoms with van der Waals surface area (Å²) in [7, 11) is 0. The molecule has 0 N–H and O–H groups in total. The van der Waals surface area contributed by atoms with Gasteiger partial charge in [0, 0.05) is 33.5 Å². The van der Waals surface area contributed by atoms with E-state index in [-0.39, 0.29) is 0 Å². The molecule has 13 aromatic carbocycles. The van der Waals surface area contributed by atoms with Crippen LogP contribution in [-0.4, -0.2) is 0 Å². The molecule has 0 fully saturated rings. The number of halogens is 6. The van der Waals surface area contributed by atoms with E-state index in [0.29, 0.717) is 11.1 Å². The molecule has 0 saturated heterocycles. The average molecular weight is 1270 g/mol. The van der Waals surface area contributed by atoms with E-state index < -0.39 is 34.3 Å². The second-order valence-electron chi connectivity index (χ2n) is 24.6. The number of nitrogens with zero attached hydrogens (tertiary/aromatic N) is 2. The van der Waals surface area contributed by atoms with Crippen LogP contribution < -0.4 is 9.80 Å². The summed E-state index contributed by atoms with van der Waals surface area (Å²) in [6.45, 7) is 14.3. The topological polar surface area (TPSA) is 6.48 Å². The summed E-state index contributed by atoms with van der Waals surface area (Å²) < 4.78 is 86.3. The summed E-state index contributed by atoms with van der Waals surface area (Å²) in [6.07, 6.45) is 0.384. The average Bonchev–Trinajstić information content (AvgIpc) is 1.56. The molecule has 97 heavy (non-hydrogen) atoms. The zero-order chi connectivity index (χ0) is 66.8. The van der Waals surface area contributed by atoms with E-state index in [1.807, 2.05) is 91.9 Å². The molecule has 0 heterocycles. The molecule has 0 amide bonds. The highest BCUT2D eigenvalue weighted by Gasteiger charge is 2.49. The van der Waals surface area contributed by atoms with Crippen LogP contribution >= 0.6 is 0 Å². The van der Waals surface area contributed by atoms with Crippen LogP contribution in [-0.2, 0) is 23.2 Å². The summed E-state index contributed by atoms with van der Waals surface area (Å²) in [5.41, 5.74) is 16.2. The van der Waals surface area contributed by atoms with Gasteiger partial charge in [-0.2, -0.15) is 26.3 Å². The summed E-state index contributed by atoms with van der Waals surface area (Å²) in [5, 5.41) is 4.16. The predicted molar refractivity (Wildman–Crippen MR) is 388 cm³/mol. The first-order valence-corrected chi connectivity index (χ1v) is 32.1. The van der Waals surface area contributed by atoms with E-state index >= 15 is 0 Å². The Morgan fingerprint density at radius 3 is 1.16 bits per heavy atom. The summed E-state index contributed by atoms with van der Waals surface area (Å²) in [6, 6.07) is 94.9. The Bertz CT molecular complexity index is 5280. The molecule has 0 radical (unpaired) electrons. The van der Waals surface area contributed by atoms with Crippen LogP contribution in [0.1, 0.15) is 73.7 Å². The highest BCUT2D eigenvalue weighted by molar-refractivity contribution is 6.02. The molecule has 2 nitrogen and oxygen atoms in total. The molecule has 0 spiro atoms. The van der Waals surface area contributed by atoms with Gasteiger partial charge in [0.1, 0.15) is 0 Å². The SMILES string of the molecule is C=CC1=C(/C=C\C)C(c2ccc(C=C)cc2)(c2ccc(C(F)(F)F)cc2)c2cc(N(c3ccc(-c4ccc(N(c5ccc6c(c5)C(c5ccc(C=C)cc5)(c5ccc(C(F)(F)F)cc5)c5ccccc5-6)c5cccc6ccccc56)cc4)cc3)c3cccc4ccccc34)ccc21. The lowest BCUT2D eigenvalue weighted by molar-refractivity contribution is -0.138. The van der Waals surface area contributed by atoms with Gasteiger partial charge in [-0.1, -0.05) is 256 Å². The van der Waals surface area contributed by atoms with Crippen LogP contribution in [0.4, 0.5) is 60.5 Å². The fraction of sp³-hybridized carbons (Fsp3) is 0.0562. The third kappa shape index (κ3) is 10.2. The smallest absolute Gasteiger partial charge is 0.310 e. The lowest BCUT2D eigenvalue weighted by atomic mass is 9.66. The molecule has 0 bridgehead atoms. The maximum atomic E-state index is 14.4. The Labute approximate surface area is 560 Å². The van der Waals surface area contributed by atoms with Crippen molar-refractivity contribution >= 4 is 73.4 Å². The zero-order valence-corrected chi connectivity index (χ0v) is 52.9. The third-order valence-corrected chi connectivity index (χ3v) is 19.5. The van der Waals surface area contributed by atoms with E-state index in [1.54, 1.807) is 36.4 Å². The van der Waals surface area contributed by atoms with Gasteiger partial charge in [-0.15, -0.1) is 0 Å². The highest BCUT2D eigenvalue weighted by Crippen LogP contribution is 2.60. The molecule has 8 heteroatoms. The highest BCUT2D eigenvalue weighted by atomic mass is 19.4. The minimum absolute atomic E-state index is 0.672. The molecule has 15 rings (SSSR count). The van der Waals surface area contributed by atoms with Crippen LogP contribution in [0, 0.1) is 0 Å². The Balaban J connectivity index is 0.863. The van der Waals surface area contributed by atoms with Crippen LogP contribution in [0.3, 0.4) is 0 Å². The van der Waals surface area contributed by atoms with E-state index in [9.17, 15) is 26.3 Å². The lowest BCUT2D eigenvalue weighted by Gasteiger charge is -2.36. The van der Waals surface area contributed by atoms with Gasteiger partial charge in [-0.05, 0) is 192 Å². The van der Waals surface area contributed by atoms with Crippen LogP contribution in [0.5, 0.6) is 0 Å². The van der Waals surface area contributed by atoms with Crippen molar-refractivity contribution in [3.63, 3.8) is 0 Å². The molecular formula is C89H62F6N2. The monoisotopic (exact) mass is 1270 g/mol. The Hall–Kier alpha value is -11.7. The normalized spacial score (nSPS) is 15.7. The van der Waals surface area contributed by atoms with E-state index in [4.69, 9.17) is 0 Å². The zero-order valence-electron chi connectivity index (χ0n) is 52.9. The Kier molecular flexibility index (Phi) is 15.3. The maximum absolute atomic E-state index is 14.4. The Morgan fingerprint density at radius 1 is 0.340 bits per heavy atom. The van der Waals surface area contributed by atoms with Gasteiger partial charge in [-0.25, -0.2) is 0 Å². The van der Waals surface area contributed by atoms with Crippen LogP contribution in [0.15, 0.2) is 335 Å². The number of anilines is 6. The Morgan fingerprint density at radius 2 is 0.722 bits per heavy atom. The fourth-order valence-corrected chi connectivity index (χ4v) is 15.1. The van der Waals surface area contributed by atoms with Crippen molar-refractivity contribution in [2.45, 2.75) is 30.1 Å². The van der Waals surface area contributed by atoms with Gasteiger partial charge < -0.3 is 9.80 Å². The molecule has 13 aromatic rings. The molecule has 0 aliphatic heterocycles. The van der Waals surface area contributed by atoms with Gasteiger partial charge >= 0.3 is 12.4 Å². The van der Waals surface area contributed by atoms with Gasteiger partial charge in [0.25, 0.3) is 0 Å². The number of alkyl halides is 6. The fourth-order valence-electron chi connectivity index (χ4n) is 15.1. The number of allylic oxidation sites excluding steroid dienone is 5. The lowest BCUT2D eigenvalue weighted by Crippen LogP contribution is -2.30. The van der Waals surface area contributed by atoms with Crippen molar-refractivity contribution in [1.29, 1.82) is 0 Å². The molecule has 0 aromatic heterocycles. The van der Waals surface area contributed by atoms with Crippen LogP contribution in [0.2, 0.25) is 0 Å². The van der Waals surface area contributed by atoms with Crippen molar-refractivity contribution in [3.05, 3.63) is 401 Å². The van der Waals surface area contributed by atoms with Gasteiger partial charge in [0.15, 0.2) is 0 Å². The largest absolute Gasteiger partial charge is 0.416 e. The van der Waals surface area contributed by atoms with Crippen molar-refractivity contribution < 1.29 is 26.3 Å². The third-order valence-electron chi connectivity index (χ3n) is 19.5. The quantitative estimate of drug-likeness (QED) is 0.0944. The van der Waals surface area contributed by atoms with Crippen molar-refractivity contribution in [3.8, 4) is 22.3 Å². The number of rotatable bonds is 15. The maximum Gasteiger partial charge on any atom is 0.416 e. The van der Waals surface area contributed by atoms with Gasteiger partial charge in [-0.3, -0.25) is 0 Å². The molecule has 2 atom stereocenters. The molecular weight excluding hydrogens is 1210 g/mol. The second-order valence-corrected chi connectivity index (χ2v) is 24.6. The van der Waals surface area contributed by atoms with Gasteiger partial charge in [0.05, 0.1) is 33.3 Å². The second kappa shape index (κ2) is 24.2. The standard InChI is InChI=1S/C89H62F6N2/c1-5-17-80-74(8-4)78-54-52-72(56-82(78)86(80,64-36-28-58(6-2)29-37-64)66-40-44-68(45-41-66)88(90,91)92)96(84-26-15-20-62-18-9-11-22-75(62)84)70-48-32-60(33-49-70)61-34-50-71(51-35-61)97(85-27-16-21-63-19-10-12-23-76(63)85)73-53-55-79-77-24-13-14-25-81(77)87(83(79)57-73,65-38-30-59(7-3)31-39-65)67-42-46-69(47-43-67)89(93,94)95/h5-57H,2-4H2,1H3/b17-5-. The first kappa shape index (κ1) is 61.4. The minimum atomic E-state index is -4.54. The van der Waals surface area contributed by atoms with Crippen LogP contribution in [0.25, 0.3) is 61.5 Å². The number of benzene rings is 13. The molecule has 2 aliphatic rings. The number of hydrogen-bond acceptors (Lipinski definition) is 2. The number of fused-ring (bicyclic) bond motifs is 6. The first-order chi connectivity index (χ1) is 47.2. The summed E-state index contributed by atoms with van der Waals surface area (Å²) >= 11 is 0. The van der Waals surface area contributed by atoms with E-state index in [2.05, 4.69) is 205 Å².